The predicted molar refractivity (Wildman–Crippen MR) is 92.8 cm³/mol. The van der Waals surface area contributed by atoms with Crippen LogP contribution in [0.25, 0.3) is 0 Å². The molecule has 2 aliphatic heterocycles. The number of carbonyl (C=O) groups excluding carboxylic acids is 2. The fourth-order valence-corrected chi connectivity index (χ4v) is 4.68. The molecule has 1 aromatic rings. The fraction of sp³-hybridized carbons (Fsp3) is 0.529. The summed E-state index contributed by atoms with van der Waals surface area (Å²) in [7, 11) is 0. The summed E-state index contributed by atoms with van der Waals surface area (Å²) in [6.45, 7) is 0.419. The minimum absolute atomic E-state index is 0.00466. The van der Waals surface area contributed by atoms with Crippen LogP contribution in [0.5, 0.6) is 0 Å². The number of hydrogen-bond donors (Lipinski definition) is 1. The summed E-state index contributed by atoms with van der Waals surface area (Å²) in [5, 5.41) is 10.8. The molecule has 1 spiro atoms. The van der Waals surface area contributed by atoms with Crippen LogP contribution in [-0.2, 0) is 20.9 Å². The molecule has 2 fully saturated rings. The van der Waals surface area contributed by atoms with E-state index in [9.17, 15) is 14.7 Å². The highest BCUT2D eigenvalue weighted by Crippen LogP contribution is 2.44. The normalized spacial score (nSPS) is 25.0. The van der Waals surface area contributed by atoms with E-state index in [2.05, 4.69) is 0 Å². The molecular weight excluding hydrogens is 350 g/mol. The molecule has 24 heavy (non-hydrogen) atoms. The predicted octanol–water partition coefficient (Wildman–Crippen LogP) is 2.10. The van der Waals surface area contributed by atoms with Crippen molar-refractivity contribution >= 4 is 35.2 Å². The average molecular weight is 370 g/mol. The minimum Gasteiger partial charge on any atom is -0.389 e. The summed E-state index contributed by atoms with van der Waals surface area (Å²) < 4.78 is 5.47. The van der Waals surface area contributed by atoms with Crippen LogP contribution < -0.4 is 0 Å². The molecule has 7 heteroatoms. The summed E-state index contributed by atoms with van der Waals surface area (Å²) in [5.74, 6) is 1.31. The molecule has 1 aromatic carbocycles. The zero-order chi connectivity index (χ0) is 17.2. The van der Waals surface area contributed by atoms with Gasteiger partial charge in [0.2, 0.25) is 11.8 Å². The summed E-state index contributed by atoms with van der Waals surface area (Å²) in [5.41, 5.74) is 0.424. The highest BCUT2D eigenvalue weighted by Gasteiger charge is 2.53. The number of carbonyl (C=O) groups is 2. The third kappa shape index (κ3) is 3.77. The maximum absolute atomic E-state index is 12.5. The van der Waals surface area contributed by atoms with Gasteiger partial charge in [-0.3, -0.25) is 14.5 Å². The van der Waals surface area contributed by atoms with E-state index in [1.807, 2.05) is 12.1 Å². The van der Waals surface area contributed by atoms with Crippen molar-refractivity contribution in [1.82, 2.24) is 4.90 Å². The molecule has 0 aromatic heterocycles. The first-order chi connectivity index (χ1) is 11.5. The molecule has 0 aliphatic carbocycles. The summed E-state index contributed by atoms with van der Waals surface area (Å²) >= 11 is 7.53. The van der Waals surface area contributed by atoms with E-state index in [1.165, 1.54) is 4.90 Å². The molecular formula is C17H20ClNO4S. The molecule has 5 nitrogen and oxygen atoms in total. The first-order valence-electron chi connectivity index (χ1n) is 7.93. The molecule has 0 radical (unpaired) electrons. The van der Waals surface area contributed by atoms with E-state index in [0.717, 1.165) is 17.7 Å². The van der Waals surface area contributed by atoms with Crippen LogP contribution in [0, 0.1) is 5.41 Å². The van der Waals surface area contributed by atoms with Gasteiger partial charge < -0.3 is 9.84 Å². The van der Waals surface area contributed by atoms with Crippen molar-refractivity contribution in [1.29, 1.82) is 0 Å². The number of hydrogen-bond acceptors (Lipinski definition) is 5. The lowest BCUT2D eigenvalue weighted by atomic mass is 9.86. The number of β-amino-alcohol motifs (C(OH)–C–C–N with tert-alkyl or cyclic N) is 1. The molecule has 2 amide bonds. The first-order valence-corrected chi connectivity index (χ1v) is 9.46. The zero-order valence-electron chi connectivity index (χ0n) is 13.2. The second kappa shape index (κ2) is 7.44. The molecule has 2 aliphatic rings. The molecule has 130 valence electrons. The van der Waals surface area contributed by atoms with Gasteiger partial charge in [-0.1, -0.05) is 23.7 Å². The Kier molecular flexibility index (Phi) is 5.49. The summed E-state index contributed by atoms with van der Waals surface area (Å²) in [4.78, 5) is 25.9. The average Bonchev–Trinajstić information content (AvgIpc) is 3.11. The van der Waals surface area contributed by atoms with Gasteiger partial charge in [-0.2, -0.15) is 11.8 Å². The SMILES string of the molecule is O=C1C[C@@]2(CCSC2)C(=O)N1C[C@H](O)COCc1ccc(Cl)cc1. The Labute approximate surface area is 150 Å². The Bertz CT molecular complexity index is 616. The third-order valence-electron chi connectivity index (χ3n) is 4.48. The van der Waals surface area contributed by atoms with E-state index in [-0.39, 0.29) is 31.4 Å². The Balaban J connectivity index is 1.48. The lowest BCUT2D eigenvalue weighted by Crippen LogP contribution is -2.41. The number of likely N-dealkylation sites (tertiary alicyclic amines) is 1. The number of halogens is 1. The number of ether oxygens (including phenoxy) is 1. The molecule has 0 bridgehead atoms. The summed E-state index contributed by atoms with van der Waals surface area (Å²) in [6.07, 6.45) is 0.147. The Morgan fingerprint density at radius 2 is 2.08 bits per heavy atom. The largest absolute Gasteiger partial charge is 0.389 e. The number of imide groups is 1. The lowest BCUT2D eigenvalue weighted by Gasteiger charge is -2.22. The van der Waals surface area contributed by atoms with Gasteiger partial charge in [0.05, 0.1) is 31.3 Å². The van der Waals surface area contributed by atoms with Gasteiger partial charge in [0.1, 0.15) is 0 Å². The van der Waals surface area contributed by atoms with Crippen LogP contribution in [0.3, 0.4) is 0 Å². The number of aliphatic hydroxyl groups is 1. The summed E-state index contributed by atoms with van der Waals surface area (Å²) in [6, 6.07) is 7.25. The standard InChI is InChI=1S/C17H20ClNO4S/c18-13-3-1-12(2-4-13)9-23-10-14(20)8-19-15(21)7-17(16(19)22)5-6-24-11-17/h1-4,14,20H,5-11H2/t14-,17+/m0/s1. The van der Waals surface area contributed by atoms with Gasteiger partial charge in [-0.05, 0) is 29.9 Å². The van der Waals surface area contributed by atoms with E-state index in [4.69, 9.17) is 16.3 Å². The quantitative estimate of drug-likeness (QED) is 0.778. The van der Waals surface area contributed by atoms with Crippen LogP contribution in [0.1, 0.15) is 18.4 Å². The van der Waals surface area contributed by atoms with Crippen LogP contribution >= 0.6 is 23.4 Å². The van der Waals surface area contributed by atoms with Gasteiger partial charge in [0.15, 0.2) is 0 Å². The van der Waals surface area contributed by atoms with Gasteiger partial charge in [0, 0.05) is 17.2 Å². The third-order valence-corrected chi connectivity index (χ3v) is 5.98. The van der Waals surface area contributed by atoms with Crippen LogP contribution in [-0.4, -0.2) is 52.6 Å². The van der Waals surface area contributed by atoms with Crippen LogP contribution in [0.15, 0.2) is 24.3 Å². The number of nitrogens with zero attached hydrogens (tertiary/aromatic N) is 1. The van der Waals surface area contributed by atoms with Gasteiger partial charge in [-0.25, -0.2) is 0 Å². The molecule has 0 saturated carbocycles. The maximum atomic E-state index is 12.5. The van der Waals surface area contributed by atoms with E-state index in [0.29, 0.717) is 17.4 Å². The highest BCUT2D eigenvalue weighted by molar-refractivity contribution is 7.99. The number of benzene rings is 1. The van der Waals surface area contributed by atoms with Crippen LogP contribution in [0.2, 0.25) is 5.02 Å². The van der Waals surface area contributed by atoms with Crippen molar-refractivity contribution in [2.75, 3.05) is 24.7 Å². The monoisotopic (exact) mass is 369 g/mol. The lowest BCUT2D eigenvalue weighted by molar-refractivity contribution is -0.143. The molecule has 1 N–H and O–H groups in total. The van der Waals surface area contributed by atoms with Crippen molar-refractivity contribution in [2.24, 2.45) is 5.41 Å². The number of thioether (sulfide) groups is 1. The molecule has 2 heterocycles. The number of amides is 2. The number of rotatable bonds is 6. The van der Waals surface area contributed by atoms with Crippen molar-refractivity contribution in [3.05, 3.63) is 34.9 Å². The van der Waals surface area contributed by atoms with Crippen molar-refractivity contribution in [3.63, 3.8) is 0 Å². The van der Waals surface area contributed by atoms with Gasteiger partial charge in [-0.15, -0.1) is 0 Å². The Hall–Kier alpha value is -1.08. The van der Waals surface area contributed by atoms with Gasteiger partial charge in [0.25, 0.3) is 0 Å². The molecule has 0 unspecified atom stereocenters. The Morgan fingerprint density at radius 3 is 2.75 bits per heavy atom. The maximum Gasteiger partial charge on any atom is 0.236 e. The van der Waals surface area contributed by atoms with Crippen molar-refractivity contribution < 1.29 is 19.4 Å². The zero-order valence-corrected chi connectivity index (χ0v) is 14.8. The highest BCUT2D eigenvalue weighted by atomic mass is 35.5. The van der Waals surface area contributed by atoms with Crippen molar-refractivity contribution in [3.8, 4) is 0 Å². The molecule has 3 rings (SSSR count). The topological polar surface area (TPSA) is 66.8 Å². The number of aliphatic hydroxyl groups excluding tert-OH is 1. The van der Waals surface area contributed by atoms with Gasteiger partial charge >= 0.3 is 0 Å². The van der Waals surface area contributed by atoms with E-state index >= 15 is 0 Å². The second-order valence-electron chi connectivity index (χ2n) is 6.36. The van der Waals surface area contributed by atoms with Crippen molar-refractivity contribution in [2.45, 2.75) is 25.6 Å². The smallest absolute Gasteiger partial charge is 0.236 e. The second-order valence-corrected chi connectivity index (χ2v) is 7.91. The van der Waals surface area contributed by atoms with E-state index < -0.39 is 11.5 Å². The fourth-order valence-electron chi connectivity index (χ4n) is 3.12. The van der Waals surface area contributed by atoms with E-state index in [1.54, 1.807) is 23.9 Å². The molecule has 2 saturated heterocycles. The Morgan fingerprint density at radius 1 is 1.33 bits per heavy atom. The molecule has 2 atom stereocenters. The first kappa shape index (κ1) is 17.7. The minimum atomic E-state index is -0.880. The van der Waals surface area contributed by atoms with Crippen LogP contribution in [0.4, 0.5) is 0 Å².